The molecule has 0 saturated carbocycles. The summed E-state index contributed by atoms with van der Waals surface area (Å²) in [6, 6.07) is 12.7. The molecule has 0 saturated heterocycles. The summed E-state index contributed by atoms with van der Waals surface area (Å²) in [4.78, 5) is 26.0. The Morgan fingerprint density at radius 2 is 2.00 bits per heavy atom. The van der Waals surface area contributed by atoms with Crippen LogP contribution in [0.1, 0.15) is 21.6 Å². The average molecular weight is 381 g/mol. The van der Waals surface area contributed by atoms with Gasteiger partial charge in [0.1, 0.15) is 16.7 Å². The van der Waals surface area contributed by atoms with Gasteiger partial charge in [0.25, 0.3) is 5.91 Å². The van der Waals surface area contributed by atoms with Gasteiger partial charge in [0.2, 0.25) is 0 Å². The minimum absolute atomic E-state index is 0.264. The van der Waals surface area contributed by atoms with Gasteiger partial charge in [-0.25, -0.2) is 18.9 Å². The third-order valence-electron chi connectivity index (χ3n) is 3.87. The van der Waals surface area contributed by atoms with Crippen molar-refractivity contribution in [3.63, 3.8) is 0 Å². The normalized spacial score (nSPS) is 11.8. The number of aromatic nitrogens is 3. The van der Waals surface area contributed by atoms with E-state index in [-0.39, 0.29) is 5.91 Å². The van der Waals surface area contributed by atoms with Crippen LogP contribution in [-0.4, -0.2) is 32.1 Å². The molecule has 138 valence electrons. The summed E-state index contributed by atoms with van der Waals surface area (Å²) in [6.07, 6.45) is 3.18. The molecule has 0 aliphatic carbocycles. The van der Waals surface area contributed by atoms with E-state index in [1.54, 1.807) is 32.3 Å². The number of pyridine rings is 1. The van der Waals surface area contributed by atoms with Crippen LogP contribution in [0.5, 0.6) is 0 Å². The van der Waals surface area contributed by atoms with Crippen LogP contribution in [0.2, 0.25) is 0 Å². The molecule has 0 aliphatic heterocycles. The highest BCUT2D eigenvalue weighted by atomic mass is 32.2. The first-order valence-electron chi connectivity index (χ1n) is 8.30. The van der Waals surface area contributed by atoms with E-state index in [0.29, 0.717) is 34.2 Å². The Morgan fingerprint density at radius 3 is 2.70 bits per heavy atom. The van der Waals surface area contributed by atoms with Crippen molar-refractivity contribution in [1.82, 2.24) is 25.0 Å². The molecule has 1 aromatic carbocycles. The minimum atomic E-state index is -1.26. The molecule has 0 fully saturated rings. The van der Waals surface area contributed by atoms with Crippen molar-refractivity contribution >= 4 is 16.9 Å². The average Bonchev–Trinajstić information content (AvgIpc) is 2.72. The largest absolute Gasteiger partial charge is 0.348 e. The van der Waals surface area contributed by atoms with E-state index >= 15 is 0 Å². The molecule has 3 aromatic rings. The van der Waals surface area contributed by atoms with Crippen LogP contribution in [0.25, 0.3) is 11.5 Å². The molecule has 1 atom stereocenters. The summed E-state index contributed by atoms with van der Waals surface area (Å²) in [5.41, 5.74) is 2.49. The fourth-order valence-electron chi connectivity index (χ4n) is 2.47. The van der Waals surface area contributed by atoms with Gasteiger partial charge in [-0.2, -0.15) is 0 Å². The predicted octanol–water partition coefficient (Wildman–Crippen LogP) is 2.02. The molecule has 0 aliphatic rings. The van der Waals surface area contributed by atoms with E-state index in [1.165, 1.54) is 6.20 Å². The van der Waals surface area contributed by atoms with E-state index < -0.39 is 11.0 Å². The summed E-state index contributed by atoms with van der Waals surface area (Å²) in [7, 11) is 0.363. The summed E-state index contributed by atoms with van der Waals surface area (Å²) in [5, 5.41) is 2.85. The van der Waals surface area contributed by atoms with Gasteiger partial charge in [0.15, 0.2) is 5.82 Å². The number of nitrogens with zero attached hydrogens (tertiary/aromatic N) is 3. The number of nitrogens with one attached hydrogen (secondary N) is 2. The Balaban J connectivity index is 1.71. The maximum absolute atomic E-state index is 12.5. The van der Waals surface area contributed by atoms with E-state index in [2.05, 4.69) is 25.0 Å². The lowest BCUT2D eigenvalue weighted by Gasteiger charge is -2.09. The maximum Gasteiger partial charge on any atom is 0.254 e. The lowest BCUT2D eigenvalue weighted by atomic mass is 10.2. The van der Waals surface area contributed by atoms with Crippen molar-refractivity contribution in [1.29, 1.82) is 0 Å². The third kappa shape index (κ3) is 4.60. The first-order chi connectivity index (χ1) is 13.1. The van der Waals surface area contributed by atoms with Gasteiger partial charge in [-0.15, -0.1) is 0 Å². The summed E-state index contributed by atoms with van der Waals surface area (Å²) >= 11 is 0. The van der Waals surface area contributed by atoms with Gasteiger partial charge in [-0.3, -0.25) is 9.78 Å². The molecular weight excluding hydrogens is 362 g/mol. The first kappa shape index (κ1) is 18.8. The fraction of sp³-hybridized carbons (Fsp3) is 0.158. The highest BCUT2D eigenvalue weighted by Crippen LogP contribution is 2.14. The van der Waals surface area contributed by atoms with Crippen LogP contribution in [0, 0.1) is 6.92 Å². The summed E-state index contributed by atoms with van der Waals surface area (Å²) in [6.45, 7) is 2.08. The minimum Gasteiger partial charge on any atom is -0.348 e. The Morgan fingerprint density at radius 1 is 1.15 bits per heavy atom. The van der Waals surface area contributed by atoms with Gasteiger partial charge in [0, 0.05) is 18.9 Å². The van der Waals surface area contributed by atoms with E-state index in [4.69, 9.17) is 0 Å². The number of hydrogen-bond acceptors (Lipinski definition) is 5. The molecule has 1 amide bonds. The lowest BCUT2D eigenvalue weighted by Crippen LogP contribution is -2.24. The highest BCUT2D eigenvalue weighted by molar-refractivity contribution is 7.83. The number of aryl methyl sites for hydroxylation is 1. The molecule has 2 heterocycles. The molecule has 27 heavy (non-hydrogen) atoms. The van der Waals surface area contributed by atoms with Crippen molar-refractivity contribution in [3.05, 3.63) is 71.7 Å². The van der Waals surface area contributed by atoms with E-state index in [9.17, 15) is 9.00 Å². The number of carbonyl (C=O) groups is 1. The van der Waals surface area contributed by atoms with Crippen molar-refractivity contribution in [3.8, 4) is 11.5 Å². The molecule has 3 rings (SSSR count). The van der Waals surface area contributed by atoms with Crippen molar-refractivity contribution in [2.75, 3.05) is 7.05 Å². The van der Waals surface area contributed by atoms with Crippen LogP contribution in [-0.2, 0) is 17.5 Å². The van der Waals surface area contributed by atoms with Crippen molar-refractivity contribution in [2.45, 2.75) is 18.4 Å². The van der Waals surface area contributed by atoms with Gasteiger partial charge < -0.3 is 5.32 Å². The van der Waals surface area contributed by atoms with E-state index in [1.807, 2.05) is 30.3 Å². The second-order valence-electron chi connectivity index (χ2n) is 5.71. The second-order valence-corrected chi connectivity index (χ2v) is 7.13. The fourth-order valence-corrected chi connectivity index (χ4v) is 3.17. The first-order valence-corrected chi connectivity index (χ1v) is 9.45. The number of amides is 1. The molecule has 0 spiro atoms. The summed E-state index contributed by atoms with van der Waals surface area (Å²) in [5.74, 6) is 0.215. The van der Waals surface area contributed by atoms with Crippen LogP contribution >= 0.6 is 0 Å². The van der Waals surface area contributed by atoms with E-state index in [0.717, 1.165) is 5.56 Å². The second kappa shape index (κ2) is 8.61. The Kier molecular flexibility index (Phi) is 6.00. The summed E-state index contributed by atoms with van der Waals surface area (Å²) < 4.78 is 14.5. The van der Waals surface area contributed by atoms with Crippen molar-refractivity contribution < 1.29 is 9.00 Å². The van der Waals surface area contributed by atoms with Gasteiger partial charge >= 0.3 is 0 Å². The monoisotopic (exact) mass is 381 g/mol. The zero-order valence-corrected chi connectivity index (χ0v) is 15.8. The SMILES string of the molecule is CNS(=O)c1cccc(CNC(=O)c2cnc(-c3ccccn3)nc2C)c1. The molecule has 8 heteroatoms. The topological polar surface area (TPSA) is 96.9 Å². The molecular formula is C19H19N5O2S. The lowest BCUT2D eigenvalue weighted by molar-refractivity contribution is 0.0949. The molecule has 2 aromatic heterocycles. The van der Waals surface area contributed by atoms with Crippen LogP contribution < -0.4 is 10.0 Å². The van der Waals surface area contributed by atoms with Crippen LogP contribution in [0.3, 0.4) is 0 Å². The van der Waals surface area contributed by atoms with Crippen molar-refractivity contribution in [2.24, 2.45) is 0 Å². The maximum atomic E-state index is 12.5. The molecule has 7 nitrogen and oxygen atoms in total. The van der Waals surface area contributed by atoms with Gasteiger partial charge in [-0.05, 0) is 43.8 Å². The number of benzene rings is 1. The zero-order valence-electron chi connectivity index (χ0n) is 15.0. The predicted molar refractivity (Wildman–Crippen MR) is 103 cm³/mol. The van der Waals surface area contributed by atoms with Gasteiger partial charge in [-0.1, -0.05) is 18.2 Å². The van der Waals surface area contributed by atoms with Gasteiger partial charge in [0.05, 0.1) is 16.2 Å². The molecule has 2 N–H and O–H groups in total. The Hall–Kier alpha value is -2.97. The number of hydrogen-bond donors (Lipinski definition) is 2. The molecule has 0 bridgehead atoms. The van der Waals surface area contributed by atoms with Crippen LogP contribution in [0.4, 0.5) is 0 Å². The molecule has 1 unspecified atom stereocenters. The molecule has 0 radical (unpaired) electrons. The number of carbonyl (C=O) groups excluding carboxylic acids is 1. The Bertz CT molecular complexity index is 979. The quantitative estimate of drug-likeness (QED) is 0.681. The number of rotatable bonds is 6. The smallest absolute Gasteiger partial charge is 0.254 e. The standard InChI is InChI=1S/C19H19N5O2S/c1-13-16(12-22-18(24-13)17-8-3-4-9-21-17)19(25)23-11-14-6-5-7-15(10-14)27(26)20-2/h3-10,12,20H,11H2,1-2H3,(H,23,25). The zero-order chi connectivity index (χ0) is 19.2. The Labute approximate surface area is 159 Å². The third-order valence-corrected chi connectivity index (χ3v) is 4.92. The highest BCUT2D eigenvalue weighted by Gasteiger charge is 2.13. The van der Waals surface area contributed by atoms with Crippen LogP contribution in [0.15, 0.2) is 59.8 Å².